The minimum atomic E-state index is 0.417. The third-order valence-corrected chi connectivity index (χ3v) is 6.18. The lowest BCUT2D eigenvalue weighted by Gasteiger charge is -2.17. The van der Waals surface area contributed by atoms with Gasteiger partial charge in [0, 0.05) is 12.6 Å². The predicted molar refractivity (Wildman–Crippen MR) is 144 cm³/mol. The summed E-state index contributed by atoms with van der Waals surface area (Å²) in [5.41, 5.74) is 5.47. The van der Waals surface area contributed by atoms with Crippen LogP contribution in [-0.4, -0.2) is 26.0 Å². The van der Waals surface area contributed by atoms with Crippen molar-refractivity contribution in [1.29, 1.82) is 0 Å². The van der Waals surface area contributed by atoms with E-state index in [1.165, 1.54) is 35.1 Å². The third kappa shape index (κ3) is 14.4. The molecule has 2 unspecified atom stereocenters. The Morgan fingerprint density at radius 2 is 1.73 bits per heavy atom. The molecule has 0 heterocycles. The summed E-state index contributed by atoms with van der Waals surface area (Å²) < 4.78 is 0. The van der Waals surface area contributed by atoms with Crippen LogP contribution < -0.4 is 10.6 Å². The van der Waals surface area contributed by atoms with Crippen LogP contribution in [0.4, 0.5) is 0 Å². The number of likely N-dealkylation sites (N-methyl/N-ethyl adjacent to an activating group) is 1. The molecule has 0 bridgehead atoms. The molecule has 1 aromatic rings. The molecule has 1 aromatic carbocycles. The van der Waals surface area contributed by atoms with Crippen molar-refractivity contribution >= 4 is 6.41 Å². The molecule has 0 spiro atoms. The van der Waals surface area contributed by atoms with E-state index in [1.54, 1.807) is 0 Å². The highest BCUT2D eigenvalue weighted by molar-refractivity contribution is 5.45. The molecule has 2 atom stereocenters. The van der Waals surface area contributed by atoms with Gasteiger partial charge in [-0.3, -0.25) is 4.79 Å². The molecule has 33 heavy (non-hydrogen) atoms. The van der Waals surface area contributed by atoms with Crippen molar-refractivity contribution in [3.63, 3.8) is 0 Å². The van der Waals surface area contributed by atoms with Gasteiger partial charge in [0.25, 0.3) is 0 Å². The van der Waals surface area contributed by atoms with E-state index >= 15 is 0 Å². The van der Waals surface area contributed by atoms with Crippen LogP contribution in [0.1, 0.15) is 71.8 Å². The van der Waals surface area contributed by atoms with Gasteiger partial charge in [-0.2, -0.15) is 0 Å². The molecule has 0 saturated carbocycles. The van der Waals surface area contributed by atoms with Crippen LogP contribution in [0, 0.1) is 5.92 Å². The van der Waals surface area contributed by atoms with E-state index in [0.29, 0.717) is 12.0 Å². The Hall–Kier alpha value is -2.39. The van der Waals surface area contributed by atoms with Crippen LogP contribution in [0.25, 0.3) is 0 Å². The number of aryl methyl sites for hydroxylation is 1. The lowest BCUT2D eigenvalue weighted by Crippen LogP contribution is -2.26. The summed E-state index contributed by atoms with van der Waals surface area (Å²) in [5.74, 6) is 0.688. The average Bonchev–Trinajstić information content (AvgIpc) is 2.82. The van der Waals surface area contributed by atoms with E-state index in [1.807, 2.05) is 0 Å². The zero-order valence-corrected chi connectivity index (χ0v) is 21.6. The van der Waals surface area contributed by atoms with E-state index in [4.69, 9.17) is 0 Å². The minimum Gasteiger partial charge on any atom is -0.359 e. The Bertz CT molecular complexity index is 774. The second kappa shape index (κ2) is 18.1. The van der Waals surface area contributed by atoms with Crippen LogP contribution in [0.2, 0.25) is 0 Å². The fourth-order valence-electron chi connectivity index (χ4n) is 3.87. The van der Waals surface area contributed by atoms with E-state index < -0.39 is 0 Å². The van der Waals surface area contributed by atoms with E-state index in [9.17, 15) is 4.79 Å². The summed E-state index contributed by atoms with van der Waals surface area (Å²) >= 11 is 0. The van der Waals surface area contributed by atoms with Gasteiger partial charge in [0.1, 0.15) is 0 Å². The molecule has 0 radical (unpaired) electrons. The van der Waals surface area contributed by atoms with Crippen LogP contribution >= 0.6 is 0 Å². The Balaban J connectivity index is 2.42. The quantitative estimate of drug-likeness (QED) is 0.153. The molecule has 0 aliphatic rings. The number of carbonyl (C=O) groups is 1. The number of hydrogen-bond acceptors (Lipinski definition) is 2. The first-order valence-electron chi connectivity index (χ1n) is 12.5. The molecule has 2 N–H and O–H groups in total. The largest absolute Gasteiger partial charge is 0.359 e. The topological polar surface area (TPSA) is 41.1 Å². The first-order valence-corrected chi connectivity index (χ1v) is 12.5. The van der Waals surface area contributed by atoms with Crippen LogP contribution in [-0.2, 0) is 11.2 Å². The highest BCUT2D eigenvalue weighted by Crippen LogP contribution is 2.16. The zero-order chi connectivity index (χ0) is 24.3. The number of amides is 1. The molecular weight excluding hydrogens is 404 g/mol. The van der Waals surface area contributed by atoms with Crippen molar-refractivity contribution in [3.8, 4) is 0 Å². The van der Waals surface area contributed by atoms with Gasteiger partial charge in [-0.1, -0.05) is 84.4 Å². The van der Waals surface area contributed by atoms with Crippen LogP contribution in [0.3, 0.4) is 0 Å². The Labute approximate surface area is 203 Å². The maximum absolute atomic E-state index is 10.3. The molecule has 0 aromatic heterocycles. The minimum absolute atomic E-state index is 0.417. The number of nitrogens with one attached hydrogen (secondary N) is 2. The fourth-order valence-corrected chi connectivity index (χ4v) is 3.87. The summed E-state index contributed by atoms with van der Waals surface area (Å²) in [6.07, 6.45) is 19.8. The lowest BCUT2D eigenvalue weighted by atomic mass is 9.97. The van der Waals surface area contributed by atoms with E-state index in [-0.39, 0.29) is 0 Å². The first-order chi connectivity index (χ1) is 16.0. The fraction of sp³-hybridized carbons (Fsp3) is 0.500. The van der Waals surface area contributed by atoms with Gasteiger partial charge in [-0.25, -0.2) is 0 Å². The lowest BCUT2D eigenvalue weighted by molar-refractivity contribution is -0.109. The molecule has 0 saturated heterocycles. The molecule has 0 aliphatic heterocycles. The number of benzene rings is 1. The Kier molecular flexibility index (Phi) is 15.7. The first kappa shape index (κ1) is 28.6. The Morgan fingerprint density at radius 1 is 0.970 bits per heavy atom. The third-order valence-electron chi connectivity index (χ3n) is 6.18. The van der Waals surface area contributed by atoms with Crippen molar-refractivity contribution in [3.05, 3.63) is 83.0 Å². The highest BCUT2D eigenvalue weighted by Gasteiger charge is 2.07. The molecule has 3 heteroatoms. The second-order valence-electron chi connectivity index (χ2n) is 9.27. The van der Waals surface area contributed by atoms with Crippen LogP contribution in [0.15, 0.2) is 77.4 Å². The summed E-state index contributed by atoms with van der Waals surface area (Å²) in [7, 11) is 2.05. The van der Waals surface area contributed by atoms with E-state index in [2.05, 4.69) is 106 Å². The van der Waals surface area contributed by atoms with Gasteiger partial charge < -0.3 is 10.6 Å². The van der Waals surface area contributed by atoms with Gasteiger partial charge in [0.05, 0.1) is 0 Å². The molecule has 1 rings (SSSR count). The van der Waals surface area contributed by atoms with Crippen molar-refractivity contribution in [2.24, 2.45) is 5.92 Å². The van der Waals surface area contributed by atoms with Crippen LogP contribution in [0.5, 0.6) is 0 Å². The molecule has 3 nitrogen and oxygen atoms in total. The maximum atomic E-state index is 10.3. The monoisotopic (exact) mass is 450 g/mol. The predicted octanol–water partition coefficient (Wildman–Crippen LogP) is 6.93. The van der Waals surface area contributed by atoms with Crippen molar-refractivity contribution < 1.29 is 4.79 Å². The number of hydrogen-bond donors (Lipinski definition) is 2. The van der Waals surface area contributed by atoms with Crippen molar-refractivity contribution in [2.45, 2.75) is 78.7 Å². The van der Waals surface area contributed by atoms with Crippen molar-refractivity contribution in [1.82, 2.24) is 10.6 Å². The molecule has 182 valence electrons. The normalized spacial score (nSPS) is 15.0. The van der Waals surface area contributed by atoms with Crippen molar-refractivity contribution in [2.75, 3.05) is 13.6 Å². The standard InChI is InChI=1S/C30H46N2O/c1-25(19-20-27(3)14-11-23-32-24-33)12-9-13-26(2)21-22-28(4)30(31-5)18-10-17-29-15-7-6-8-16-29/h6-9,12-13,15-16,21-22,24,27,30-31H,10-11,14,17-20,23H2,1-5H3,(H,32,33)/b13-9-,25-12+,26-21+,28-22+. The summed E-state index contributed by atoms with van der Waals surface area (Å²) in [6, 6.07) is 11.1. The molecule has 1 amide bonds. The SMILES string of the molecule is CNC(CCCc1ccccc1)/C(C)=C/C=C(C)/C=C\C=C(/C)CCC(C)CCCNC=O. The summed E-state index contributed by atoms with van der Waals surface area (Å²) in [4.78, 5) is 10.3. The second-order valence-corrected chi connectivity index (χ2v) is 9.27. The highest BCUT2D eigenvalue weighted by atomic mass is 16.1. The smallest absolute Gasteiger partial charge is 0.207 e. The zero-order valence-electron chi connectivity index (χ0n) is 21.6. The summed E-state index contributed by atoms with van der Waals surface area (Å²) in [5, 5.41) is 6.20. The van der Waals surface area contributed by atoms with Gasteiger partial charge in [0.2, 0.25) is 6.41 Å². The number of allylic oxidation sites excluding steroid dienone is 7. The molecule has 0 fully saturated rings. The molecular formula is C30H46N2O. The Morgan fingerprint density at radius 3 is 2.42 bits per heavy atom. The van der Waals surface area contributed by atoms with Gasteiger partial charge in [-0.05, 0) is 84.2 Å². The van der Waals surface area contributed by atoms with E-state index in [0.717, 1.165) is 45.1 Å². The van der Waals surface area contributed by atoms with Gasteiger partial charge in [-0.15, -0.1) is 0 Å². The maximum Gasteiger partial charge on any atom is 0.207 e. The van der Waals surface area contributed by atoms with Gasteiger partial charge >= 0.3 is 0 Å². The number of rotatable bonds is 17. The molecule has 0 aliphatic carbocycles. The average molecular weight is 451 g/mol. The van der Waals surface area contributed by atoms with Gasteiger partial charge in [0.15, 0.2) is 0 Å². The number of carbonyl (C=O) groups excluding carboxylic acids is 1. The summed E-state index contributed by atoms with van der Waals surface area (Å²) in [6.45, 7) is 9.67.